The minimum Gasteiger partial charge on any atom is -0.465 e. The molecule has 5 heterocycles. The van der Waals surface area contributed by atoms with Crippen LogP contribution in [0.25, 0.3) is 16.7 Å². The Morgan fingerprint density at radius 2 is 2.00 bits per heavy atom. The molecule has 2 atom stereocenters. The summed E-state index contributed by atoms with van der Waals surface area (Å²) < 4.78 is 16.1. The molecule has 0 bridgehead atoms. The maximum absolute atomic E-state index is 14.8. The van der Waals surface area contributed by atoms with E-state index in [1.54, 1.807) is 24.1 Å². The summed E-state index contributed by atoms with van der Waals surface area (Å²) in [7, 11) is 0. The fraction of sp³-hybridized carbons (Fsp3) is 0.375. The number of hydrogen-bond donors (Lipinski definition) is 2. The average Bonchev–Trinajstić information content (AvgIpc) is 2.81. The number of nitrogens with zero attached hydrogens (tertiary/aromatic N) is 5. The van der Waals surface area contributed by atoms with E-state index in [2.05, 4.69) is 15.3 Å². The third-order valence-electron chi connectivity index (χ3n) is 6.78. The molecule has 0 saturated carbocycles. The Labute approximate surface area is 210 Å². The minimum absolute atomic E-state index is 0.0267. The van der Waals surface area contributed by atoms with E-state index in [4.69, 9.17) is 11.6 Å². The van der Waals surface area contributed by atoms with E-state index in [1.165, 1.54) is 15.5 Å². The van der Waals surface area contributed by atoms with E-state index in [-0.39, 0.29) is 35.7 Å². The first-order chi connectivity index (χ1) is 17.0. The van der Waals surface area contributed by atoms with Gasteiger partial charge in [-0.25, -0.2) is 14.2 Å². The first-order valence-corrected chi connectivity index (χ1v) is 11.9. The first kappa shape index (κ1) is 24.0. The summed E-state index contributed by atoms with van der Waals surface area (Å²) in [4.78, 5) is 50.4. The highest BCUT2D eigenvalue weighted by molar-refractivity contribution is 6.30. The monoisotopic (exact) mass is 514 g/mol. The number of carboxylic acid groups (broad SMARTS) is 1. The molecule has 1 fully saturated rings. The maximum atomic E-state index is 14.8. The van der Waals surface area contributed by atoms with Crippen LogP contribution in [0.4, 0.5) is 20.6 Å². The lowest BCUT2D eigenvalue weighted by Gasteiger charge is -2.47. The second kappa shape index (κ2) is 8.44. The van der Waals surface area contributed by atoms with Crippen molar-refractivity contribution in [2.24, 2.45) is 0 Å². The van der Waals surface area contributed by atoms with Gasteiger partial charge in [0.1, 0.15) is 11.7 Å². The molecule has 0 aliphatic carbocycles. The predicted octanol–water partition coefficient (Wildman–Crippen LogP) is 3.51. The summed E-state index contributed by atoms with van der Waals surface area (Å²) in [5.74, 6) is -1.36. The number of fused-ring (bicyclic) bond motifs is 5. The second-order valence-electron chi connectivity index (χ2n) is 9.45. The van der Waals surface area contributed by atoms with Crippen molar-refractivity contribution in [3.05, 3.63) is 50.9 Å². The Hall–Kier alpha value is -3.73. The molecule has 0 radical (unpaired) electrons. The summed E-state index contributed by atoms with van der Waals surface area (Å²) in [6.07, 6.45) is 0.504. The topological polar surface area (TPSA) is 121 Å². The normalized spacial score (nSPS) is 19.4. The number of rotatable bonds is 2. The number of hydrogen-bond acceptors (Lipinski definition) is 6. The summed E-state index contributed by atoms with van der Waals surface area (Å²) >= 11 is 6.09. The number of carbonyl (C=O) groups excluding carboxylic acids is 1. The van der Waals surface area contributed by atoms with E-state index >= 15 is 0 Å². The lowest BCUT2D eigenvalue weighted by Crippen LogP contribution is -2.64. The quantitative estimate of drug-likeness (QED) is 0.502. The molecule has 12 heteroatoms. The van der Waals surface area contributed by atoms with E-state index in [9.17, 15) is 23.9 Å². The van der Waals surface area contributed by atoms with E-state index in [1.807, 2.05) is 20.8 Å². The molecule has 0 unspecified atom stereocenters. The molecule has 3 aromatic rings. The highest BCUT2D eigenvalue weighted by Gasteiger charge is 2.44. The third-order valence-corrected chi connectivity index (χ3v) is 7.05. The van der Waals surface area contributed by atoms with Crippen molar-refractivity contribution in [3.8, 4) is 5.69 Å². The second-order valence-corrected chi connectivity index (χ2v) is 9.81. The SMILES string of the molecule is Cc1ccnc(C(C)C)c1-n1c(=O)c2c(c3cc(F)c(Cl)nc31)N1C[C@@H](C)N(C(=O)O)C[C@@H]1C(=O)N2. The van der Waals surface area contributed by atoms with Crippen LogP contribution in [-0.2, 0) is 4.79 Å². The summed E-state index contributed by atoms with van der Waals surface area (Å²) in [6, 6.07) is 1.58. The molecule has 2 N–H and O–H groups in total. The molecule has 10 nitrogen and oxygen atoms in total. The van der Waals surface area contributed by atoms with E-state index in [0.29, 0.717) is 17.1 Å². The maximum Gasteiger partial charge on any atom is 0.407 e. The number of carbonyl (C=O) groups is 2. The number of anilines is 2. The van der Waals surface area contributed by atoms with Gasteiger partial charge in [-0.1, -0.05) is 25.4 Å². The predicted molar refractivity (Wildman–Crippen MR) is 133 cm³/mol. The summed E-state index contributed by atoms with van der Waals surface area (Å²) in [6.45, 7) is 7.44. The molecule has 0 spiro atoms. The average molecular weight is 515 g/mol. The fourth-order valence-electron chi connectivity index (χ4n) is 5.07. The lowest BCUT2D eigenvalue weighted by molar-refractivity contribution is -0.118. The molecule has 2 amide bonds. The standard InChI is InChI=1S/C24H24ClFN6O4/c1-10(2)16-18(11(3)5-6-27-16)32-21-13(7-14(26)20(25)29-21)19-17(23(32)34)28-22(33)15-9-30(24(35)36)12(4)8-31(15)19/h5-7,10,12,15H,8-9H2,1-4H3,(H,28,33)(H,35,36)/t12-,15-/m1/s1. The molecule has 0 aromatic carbocycles. The van der Waals surface area contributed by atoms with E-state index in [0.717, 1.165) is 5.56 Å². The first-order valence-electron chi connectivity index (χ1n) is 11.5. The van der Waals surface area contributed by atoms with Gasteiger partial charge in [0.25, 0.3) is 5.56 Å². The van der Waals surface area contributed by atoms with Crippen molar-refractivity contribution in [1.82, 2.24) is 19.4 Å². The number of halogens is 2. The highest BCUT2D eigenvalue weighted by atomic mass is 35.5. The molecule has 36 heavy (non-hydrogen) atoms. The smallest absolute Gasteiger partial charge is 0.407 e. The van der Waals surface area contributed by atoms with Crippen LogP contribution in [0.5, 0.6) is 0 Å². The molecule has 5 rings (SSSR count). The van der Waals surface area contributed by atoms with E-state index < -0.39 is 40.6 Å². The number of nitrogens with one attached hydrogen (secondary N) is 1. The van der Waals surface area contributed by atoms with Crippen LogP contribution < -0.4 is 15.8 Å². The van der Waals surface area contributed by atoms with Crippen LogP contribution in [0.1, 0.15) is 37.9 Å². The van der Waals surface area contributed by atoms with Crippen LogP contribution in [0.15, 0.2) is 23.1 Å². The molecule has 188 valence electrons. The number of piperazine rings is 1. The van der Waals surface area contributed by atoms with Gasteiger partial charge in [-0.15, -0.1) is 0 Å². The molecular formula is C24H24ClFN6O4. The zero-order chi connectivity index (χ0) is 26.0. The van der Waals surface area contributed by atoms with Crippen molar-refractivity contribution < 1.29 is 19.1 Å². The van der Waals surface area contributed by atoms with Gasteiger partial charge in [0.15, 0.2) is 16.6 Å². The van der Waals surface area contributed by atoms with Crippen LogP contribution in [-0.4, -0.2) is 61.7 Å². The van der Waals surface area contributed by atoms with Gasteiger partial charge in [0.2, 0.25) is 5.91 Å². The number of aromatic nitrogens is 3. The highest BCUT2D eigenvalue weighted by Crippen LogP contribution is 2.40. The Balaban J connectivity index is 1.87. The Bertz CT molecular complexity index is 1510. The molecule has 2 aliphatic heterocycles. The van der Waals surface area contributed by atoms with Crippen LogP contribution in [0.2, 0.25) is 5.15 Å². The van der Waals surface area contributed by atoms with Crippen LogP contribution in [0, 0.1) is 12.7 Å². The molecule has 3 aromatic heterocycles. The number of amides is 2. The molecule has 1 saturated heterocycles. The van der Waals surface area contributed by atoms with Gasteiger partial charge in [-0.05, 0) is 37.5 Å². The van der Waals surface area contributed by atoms with Gasteiger partial charge < -0.3 is 20.2 Å². The molecule has 2 aliphatic rings. The Morgan fingerprint density at radius 3 is 2.67 bits per heavy atom. The van der Waals surface area contributed by atoms with Crippen LogP contribution in [0.3, 0.4) is 0 Å². The van der Waals surface area contributed by atoms with Gasteiger partial charge >= 0.3 is 6.09 Å². The van der Waals surface area contributed by atoms with Gasteiger partial charge in [-0.3, -0.25) is 19.1 Å². The number of aryl methyl sites for hydroxylation is 1. The number of pyridine rings is 3. The van der Waals surface area contributed by atoms with Crippen molar-refractivity contribution in [3.63, 3.8) is 0 Å². The van der Waals surface area contributed by atoms with Crippen molar-refractivity contribution in [2.45, 2.75) is 45.7 Å². The largest absolute Gasteiger partial charge is 0.465 e. The van der Waals surface area contributed by atoms with Crippen molar-refractivity contribution in [2.75, 3.05) is 23.3 Å². The third kappa shape index (κ3) is 3.48. The Morgan fingerprint density at radius 1 is 1.28 bits per heavy atom. The van der Waals surface area contributed by atoms with Crippen molar-refractivity contribution >= 4 is 46.0 Å². The zero-order valence-corrected chi connectivity index (χ0v) is 20.8. The van der Waals surface area contributed by atoms with Crippen LogP contribution >= 0.6 is 11.6 Å². The molecular weight excluding hydrogens is 491 g/mol. The summed E-state index contributed by atoms with van der Waals surface area (Å²) in [5, 5.41) is 12.1. The zero-order valence-electron chi connectivity index (χ0n) is 20.0. The van der Waals surface area contributed by atoms with Gasteiger partial charge in [-0.2, -0.15) is 0 Å². The minimum atomic E-state index is -1.14. The fourth-order valence-corrected chi connectivity index (χ4v) is 5.20. The Kier molecular flexibility index (Phi) is 5.62. The summed E-state index contributed by atoms with van der Waals surface area (Å²) in [5.41, 5.74) is 1.68. The lowest BCUT2D eigenvalue weighted by atomic mass is 9.99. The van der Waals surface area contributed by atoms with Gasteiger partial charge in [0, 0.05) is 24.2 Å². The van der Waals surface area contributed by atoms with Crippen molar-refractivity contribution in [1.29, 1.82) is 0 Å². The van der Waals surface area contributed by atoms with Gasteiger partial charge in [0.05, 0.1) is 23.6 Å².